The van der Waals surface area contributed by atoms with E-state index < -0.39 is 18.0 Å². The predicted octanol–water partition coefficient (Wildman–Crippen LogP) is 4.71. The van der Waals surface area contributed by atoms with Crippen LogP contribution in [0.5, 0.6) is 17.2 Å². The Hall–Kier alpha value is -2.24. The van der Waals surface area contributed by atoms with Crippen molar-refractivity contribution in [2.75, 3.05) is 20.8 Å². The number of methoxy groups -OCH3 is 2. The Labute approximate surface area is 269 Å². The number of halogens is 3. The Kier molecular flexibility index (Phi) is 9.78. The Morgan fingerprint density at radius 1 is 1.15 bits per heavy atom. The van der Waals surface area contributed by atoms with E-state index in [0.717, 1.165) is 7.14 Å². The first-order chi connectivity index (χ1) is 19.0. The molecule has 0 amide bonds. The molecule has 2 aromatic carbocycles. The maximum Gasteiger partial charge on any atom is 0.338 e. The highest BCUT2D eigenvalue weighted by Gasteiger charge is 2.35. The molecule has 0 saturated carbocycles. The monoisotopic (exact) mass is 852 g/mol. The molecule has 13 heteroatoms. The van der Waals surface area contributed by atoms with Crippen LogP contribution in [-0.4, -0.2) is 37.3 Å². The molecule has 0 spiro atoms. The van der Waals surface area contributed by atoms with E-state index in [0.29, 0.717) is 47.9 Å². The largest absolute Gasteiger partial charge is 0.493 e. The van der Waals surface area contributed by atoms with E-state index >= 15 is 0 Å². The topological polar surface area (TPSA) is 105 Å². The molecule has 0 unspecified atom stereocenters. The fourth-order valence-electron chi connectivity index (χ4n) is 4.25. The van der Waals surface area contributed by atoms with Crippen LogP contribution in [0.3, 0.4) is 0 Å². The lowest BCUT2D eigenvalue weighted by Gasteiger charge is -2.26. The smallest absolute Gasteiger partial charge is 0.338 e. The predicted molar refractivity (Wildman–Crippen MR) is 171 cm³/mol. The molecule has 2 heterocycles. The molecule has 0 aliphatic carbocycles. The van der Waals surface area contributed by atoms with Crippen molar-refractivity contribution in [3.8, 4) is 17.2 Å². The summed E-state index contributed by atoms with van der Waals surface area (Å²) >= 11 is 9.03. The number of benzene rings is 2. The van der Waals surface area contributed by atoms with Gasteiger partial charge in [0.15, 0.2) is 22.0 Å². The summed E-state index contributed by atoms with van der Waals surface area (Å²) in [5.41, 5.74) is 1.46. The number of thiazole rings is 1. The van der Waals surface area contributed by atoms with Crippen LogP contribution in [0.1, 0.15) is 37.9 Å². The summed E-state index contributed by atoms with van der Waals surface area (Å²) in [6.45, 7) is 4.91. The second-order valence-electron chi connectivity index (χ2n) is 8.43. The van der Waals surface area contributed by atoms with Gasteiger partial charge in [-0.2, -0.15) is 0 Å². The van der Waals surface area contributed by atoms with Crippen LogP contribution in [0.15, 0.2) is 49.8 Å². The van der Waals surface area contributed by atoms with Crippen LogP contribution >= 0.6 is 72.4 Å². The third-order valence-electron chi connectivity index (χ3n) is 5.88. The standard InChI is InChI=1S/C27H23BrI2N2O7S/c1-6-38-26(35)22-12(2)31-27-32(23(22)16-10-19(36-4)20(37-5)11-17(16)28)25(34)21(40-27)8-14-7-15(29)9-18(30)24(14)39-13(3)33/h7-11,23H,6H2,1-5H3/b21-8-/t23-/m1/s1. The highest BCUT2D eigenvalue weighted by molar-refractivity contribution is 14.1. The summed E-state index contributed by atoms with van der Waals surface area (Å²) in [6.07, 6.45) is 1.68. The first-order valence-electron chi connectivity index (χ1n) is 11.8. The fourth-order valence-corrected chi connectivity index (χ4v) is 7.82. The van der Waals surface area contributed by atoms with Gasteiger partial charge in [-0.1, -0.05) is 27.3 Å². The highest BCUT2D eigenvalue weighted by atomic mass is 127. The van der Waals surface area contributed by atoms with Crippen LogP contribution in [0.2, 0.25) is 0 Å². The van der Waals surface area contributed by atoms with Crippen molar-refractivity contribution in [1.82, 2.24) is 4.57 Å². The minimum Gasteiger partial charge on any atom is -0.493 e. The lowest BCUT2D eigenvalue weighted by atomic mass is 9.95. The van der Waals surface area contributed by atoms with Gasteiger partial charge in [-0.3, -0.25) is 14.2 Å². The first-order valence-corrected chi connectivity index (χ1v) is 15.6. The quantitative estimate of drug-likeness (QED) is 0.193. The Bertz CT molecular complexity index is 1750. The number of carbonyl (C=O) groups excluding carboxylic acids is 2. The Morgan fingerprint density at radius 2 is 1.82 bits per heavy atom. The SMILES string of the molecule is CCOC(=O)C1=C(C)N=c2s/c(=C\c3cc(I)cc(I)c3OC(C)=O)c(=O)n2[C@@H]1c1cc(OC)c(OC)cc1Br. The van der Waals surface area contributed by atoms with E-state index in [1.54, 1.807) is 32.1 Å². The molecular formula is C27H23BrI2N2O7S. The molecule has 1 aliphatic rings. The number of hydrogen-bond donors (Lipinski definition) is 0. The number of carbonyl (C=O) groups is 2. The van der Waals surface area contributed by atoms with Gasteiger partial charge in [0.25, 0.3) is 5.56 Å². The third-order valence-corrected chi connectivity index (χ3v) is 8.98. The maximum atomic E-state index is 14.1. The van der Waals surface area contributed by atoms with Crippen LogP contribution in [0, 0.1) is 7.14 Å². The van der Waals surface area contributed by atoms with Crippen LogP contribution in [0.4, 0.5) is 0 Å². The van der Waals surface area contributed by atoms with Crippen molar-refractivity contribution in [1.29, 1.82) is 0 Å². The number of hydrogen-bond acceptors (Lipinski definition) is 9. The van der Waals surface area contributed by atoms with Gasteiger partial charge in [-0.05, 0) is 94.9 Å². The summed E-state index contributed by atoms with van der Waals surface area (Å²) in [5, 5.41) is 0. The summed E-state index contributed by atoms with van der Waals surface area (Å²) < 4.78 is 25.9. The highest BCUT2D eigenvalue weighted by Crippen LogP contribution is 2.41. The number of aromatic nitrogens is 1. The molecule has 210 valence electrons. The number of esters is 2. The van der Waals surface area contributed by atoms with E-state index in [1.807, 2.05) is 12.1 Å². The van der Waals surface area contributed by atoms with Crippen LogP contribution < -0.4 is 29.1 Å². The first kappa shape index (κ1) is 30.7. The molecule has 40 heavy (non-hydrogen) atoms. The molecule has 4 rings (SSSR count). The molecular weight excluding hydrogens is 830 g/mol. The van der Waals surface area contributed by atoms with Gasteiger partial charge in [0.1, 0.15) is 0 Å². The third kappa shape index (κ3) is 6.01. The minimum atomic E-state index is -0.865. The van der Waals surface area contributed by atoms with Crippen molar-refractivity contribution in [3.05, 3.63) is 78.0 Å². The normalized spacial score (nSPS) is 14.9. The van der Waals surface area contributed by atoms with E-state index in [-0.39, 0.29) is 17.7 Å². The Balaban J connectivity index is 2.04. The van der Waals surface area contributed by atoms with Gasteiger partial charge >= 0.3 is 11.9 Å². The van der Waals surface area contributed by atoms with E-state index in [1.165, 1.54) is 37.0 Å². The number of rotatable bonds is 7. The molecule has 0 radical (unpaired) electrons. The van der Waals surface area contributed by atoms with Crippen LogP contribution in [0.25, 0.3) is 6.08 Å². The average molecular weight is 853 g/mol. The van der Waals surface area contributed by atoms with Gasteiger partial charge in [-0.15, -0.1) is 0 Å². The second kappa shape index (κ2) is 12.7. The molecule has 0 fully saturated rings. The van der Waals surface area contributed by atoms with Crippen molar-refractivity contribution in [2.45, 2.75) is 26.8 Å². The molecule has 1 aromatic heterocycles. The summed E-state index contributed by atoms with van der Waals surface area (Å²) in [5.74, 6) is 0.231. The van der Waals surface area contributed by atoms with Crippen molar-refractivity contribution < 1.29 is 28.5 Å². The van der Waals surface area contributed by atoms with Gasteiger partial charge < -0.3 is 18.9 Å². The van der Waals surface area contributed by atoms with Gasteiger partial charge in [0, 0.05) is 20.5 Å². The van der Waals surface area contributed by atoms with Gasteiger partial charge in [-0.25, -0.2) is 9.79 Å². The summed E-state index contributed by atoms with van der Waals surface area (Å²) in [7, 11) is 3.04. The second-order valence-corrected chi connectivity index (χ2v) is 12.7. The van der Waals surface area contributed by atoms with Gasteiger partial charge in [0.2, 0.25) is 0 Å². The van der Waals surface area contributed by atoms with E-state index in [4.69, 9.17) is 18.9 Å². The molecule has 0 bridgehead atoms. The van der Waals surface area contributed by atoms with Crippen molar-refractivity contribution >= 4 is 90.5 Å². The van der Waals surface area contributed by atoms with E-state index in [2.05, 4.69) is 66.1 Å². The number of allylic oxidation sites excluding steroid dienone is 1. The molecule has 0 N–H and O–H groups in total. The van der Waals surface area contributed by atoms with E-state index in [9.17, 15) is 14.4 Å². The fraction of sp³-hybridized carbons (Fsp3) is 0.259. The number of fused-ring (bicyclic) bond motifs is 1. The molecule has 1 atom stereocenters. The Morgan fingerprint density at radius 3 is 2.45 bits per heavy atom. The summed E-state index contributed by atoms with van der Waals surface area (Å²) in [6, 6.07) is 6.29. The molecule has 0 saturated heterocycles. The zero-order chi connectivity index (χ0) is 29.3. The lowest BCUT2D eigenvalue weighted by Crippen LogP contribution is -2.40. The van der Waals surface area contributed by atoms with Crippen molar-refractivity contribution in [2.24, 2.45) is 4.99 Å². The van der Waals surface area contributed by atoms with Crippen molar-refractivity contribution in [3.63, 3.8) is 0 Å². The minimum absolute atomic E-state index is 0.157. The number of ether oxygens (including phenoxy) is 4. The molecule has 3 aromatic rings. The molecule has 1 aliphatic heterocycles. The van der Waals surface area contributed by atoms with Crippen LogP contribution in [-0.2, 0) is 14.3 Å². The average Bonchev–Trinajstić information content (AvgIpc) is 3.19. The zero-order valence-corrected chi connectivity index (χ0v) is 28.7. The molecule has 9 nitrogen and oxygen atoms in total. The summed E-state index contributed by atoms with van der Waals surface area (Å²) in [4.78, 5) is 44.1. The lowest BCUT2D eigenvalue weighted by molar-refractivity contribution is -0.139. The maximum absolute atomic E-state index is 14.1. The number of nitrogens with zero attached hydrogens (tertiary/aromatic N) is 2. The zero-order valence-electron chi connectivity index (χ0n) is 22.0. The van der Waals surface area contributed by atoms with Gasteiger partial charge in [0.05, 0.1) is 46.2 Å².